The average molecular weight is 492 g/mol. The number of methoxy groups -OCH3 is 1. The van der Waals surface area contributed by atoms with Crippen molar-refractivity contribution in [2.45, 2.75) is 24.4 Å². The van der Waals surface area contributed by atoms with Gasteiger partial charge in [0, 0.05) is 17.7 Å². The summed E-state index contributed by atoms with van der Waals surface area (Å²) in [6.07, 6.45) is -9.47. The number of phenolic OH excluding ortho intramolecular Hbond substituents is 3. The van der Waals surface area contributed by atoms with Gasteiger partial charge in [-0.1, -0.05) is 0 Å². The molecule has 2 aromatic carbocycles. The Balaban J connectivity index is 2.17. The van der Waals surface area contributed by atoms with E-state index in [1.54, 1.807) is 0 Å². The molecule has 13 heteroatoms. The topological polar surface area (TPSA) is 224 Å². The SMILES string of the molecule is COc1cc(-c2oc3cc(O)cc(O)c3c(=O)c2OC(=O)[C@@H](O)[C@@H](O)[C@H](O)[C@@H](O)C=O)ccc1O. The maximum absolute atomic E-state index is 13.2. The van der Waals surface area contributed by atoms with E-state index < -0.39 is 64.2 Å². The van der Waals surface area contributed by atoms with Gasteiger partial charge in [-0.05, 0) is 18.2 Å². The van der Waals surface area contributed by atoms with Crippen molar-refractivity contribution >= 4 is 23.2 Å². The summed E-state index contributed by atoms with van der Waals surface area (Å²) in [4.78, 5) is 36.2. The van der Waals surface area contributed by atoms with Crippen molar-refractivity contribution in [2.75, 3.05) is 7.11 Å². The molecular formula is C22H20O13. The third kappa shape index (κ3) is 4.88. The molecular weight excluding hydrogens is 472 g/mol. The van der Waals surface area contributed by atoms with Crippen molar-refractivity contribution in [1.29, 1.82) is 0 Å². The summed E-state index contributed by atoms with van der Waals surface area (Å²) >= 11 is 0. The van der Waals surface area contributed by atoms with Crippen LogP contribution in [0.1, 0.15) is 0 Å². The van der Waals surface area contributed by atoms with Crippen LogP contribution in [0, 0.1) is 0 Å². The first-order chi connectivity index (χ1) is 16.5. The number of carbonyl (C=O) groups excluding carboxylic acids is 2. The second-order valence-corrected chi connectivity index (χ2v) is 7.29. The summed E-state index contributed by atoms with van der Waals surface area (Å²) in [6.45, 7) is 0. The van der Waals surface area contributed by atoms with Crippen LogP contribution in [0.15, 0.2) is 39.5 Å². The molecule has 35 heavy (non-hydrogen) atoms. The molecule has 0 aliphatic carbocycles. The Morgan fingerprint density at radius 1 is 1.00 bits per heavy atom. The summed E-state index contributed by atoms with van der Waals surface area (Å²) in [5, 5.41) is 68.2. The van der Waals surface area contributed by atoms with Gasteiger partial charge >= 0.3 is 5.97 Å². The second-order valence-electron chi connectivity index (χ2n) is 7.29. The molecule has 0 amide bonds. The number of aldehydes is 1. The third-order valence-corrected chi connectivity index (χ3v) is 4.97. The summed E-state index contributed by atoms with van der Waals surface area (Å²) in [5.74, 6) is -4.57. The first-order valence-electron chi connectivity index (χ1n) is 9.79. The van der Waals surface area contributed by atoms with Gasteiger partial charge < -0.3 is 54.4 Å². The monoisotopic (exact) mass is 492 g/mol. The first-order valence-corrected chi connectivity index (χ1v) is 9.79. The number of carbonyl (C=O) groups is 2. The number of aliphatic hydroxyl groups is 4. The van der Waals surface area contributed by atoms with Crippen molar-refractivity contribution in [3.8, 4) is 40.1 Å². The summed E-state index contributed by atoms with van der Waals surface area (Å²) < 4.78 is 15.6. The maximum Gasteiger partial charge on any atom is 0.343 e. The van der Waals surface area contributed by atoms with Crippen LogP contribution < -0.4 is 14.9 Å². The van der Waals surface area contributed by atoms with Crippen LogP contribution in [0.3, 0.4) is 0 Å². The van der Waals surface area contributed by atoms with E-state index in [9.17, 15) is 50.1 Å². The van der Waals surface area contributed by atoms with E-state index in [1.165, 1.54) is 25.3 Å². The quantitative estimate of drug-likeness (QED) is 0.150. The van der Waals surface area contributed by atoms with Gasteiger partial charge in [-0.15, -0.1) is 0 Å². The van der Waals surface area contributed by atoms with Gasteiger partial charge in [-0.2, -0.15) is 0 Å². The van der Waals surface area contributed by atoms with Crippen molar-refractivity contribution < 1.29 is 59.2 Å². The molecule has 1 aromatic heterocycles. The van der Waals surface area contributed by atoms with Gasteiger partial charge in [0.25, 0.3) is 0 Å². The van der Waals surface area contributed by atoms with E-state index in [-0.39, 0.29) is 28.9 Å². The van der Waals surface area contributed by atoms with Crippen LogP contribution in [-0.4, -0.2) is 79.5 Å². The molecule has 0 fully saturated rings. The van der Waals surface area contributed by atoms with Crippen LogP contribution in [0.5, 0.6) is 28.7 Å². The molecule has 0 saturated heterocycles. The molecule has 0 bridgehead atoms. The smallest absolute Gasteiger partial charge is 0.343 e. The molecule has 0 saturated carbocycles. The fraction of sp³-hybridized carbons (Fsp3) is 0.227. The Bertz CT molecular complexity index is 1330. The highest BCUT2D eigenvalue weighted by atomic mass is 16.6. The Kier molecular flexibility index (Phi) is 7.26. The molecule has 0 unspecified atom stereocenters. The highest BCUT2D eigenvalue weighted by Gasteiger charge is 2.36. The minimum absolute atomic E-state index is 0.00994. The van der Waals surface area contributed by atoms with E-state index in [4.69, 9.17) is 13.9 Å². The van der Waals surface area contributed by atoms with Gasteiger partial charge in [0.1, 0.15) is 40.8 Å². The predicted octanol–water partition coefficient (Wildman–Crippen LogP) is -0.867. The Morgan fingerprint density at radius 3 is 2.31 bits per heavy atom. The molecule has 0 aliphatic heterocycles. The Morgan fingerprint density at radius 2 is 1.69 bits per heavy atom. The molecule has 3 aromatic rings. The second kappa shape index (κ2) is 9.99. The zero-order valence-corrected chi connectivity index (χ0v) is 17.9. The summed E-state index contributed by atoms with van der Waals surface area (Å²) in [6, 6.07) is 5.44. The number of rotatable bonds is 8. The number of esters is 1. The van der Waals surface area contributed by atoms with Crippen molar-refractivity contribution in [2.24, 2.45) is 0 Å². The lowest BCUT2D eigenvalue weighted by molar-refractivity contribution is -0.161. The van der Waals surface area contributed by atoms with Crippen molar-refractivity contribution in [1.82, 2.24) is 0 Å². The van der Waals surface area contributed by atoms with Crippen LogP contribution in [-0.2, 0) is 9.59 Å². The number of hydrogen-bond donors (Lipinski definition) is 7. The number of aromatic hydroxyl groups is 3. The lowest BCUT2D eigenvalue weighted by atomic mass is 10.0. The van der Waals surface area contributed by atoms with Crippen LogP contribution in [0.2, 0.25) is 0 Å². The Hall–Kier alpha value is -4.17. The van der Waals surface area contributed by atoms with Crippen LogP contribution in [0.25, 0.3) is 22.3 Å². The summed E-state index contributed by atoms with van der Waals surface area (Å²) in [5.41, 5.74) is -1.44. The lowest BCUT2D eigenvalue weighted by Crippen LogP contribution is -2.49. The van der Waals surface area contributed by atoms with Crippen LogP contribution in [0.4, 0.5) is 0 Å². The van der Waals surface area contributed by atoms with E-state index >= 15 is 0 Å². The zero-order chi connectivity index (χ0) is 26.0. The zero-order valence-electron chi connectivity index (χ0n) is 17.9. The number of phenols is 3. The number of hydrogen-bond acceptors (Lipinski definition) is 13. The highest BCUT2D eigenvalue weighted by molar-refractivity contribution is 5.90. The molecule has 4 atom stereocenters. The number of ether oxygens (including phenoxy) is 2. The molecule has 0 radical (unpaired) electrons. The van der Waals surface area contributed by atoms with E-state index in [0.717, 1.165) is 12.1 Å². The normalized spacial score (nSPS) is 14.7. The predicted molar refractivity (Wildman–Crippen MR) is 115 cm³/mol. The minimum atomic E-state index is -2.54. The van der Waals surface area contributed by atoms with Gasteiger partial charge in [0.05, 0.1) is 7.11 Å². The van der Waals surface area contributed by atoms with Crippen molar-refractivity contribution in [3.63, 3.8) is 0 Å². The fourth-order valence-corrected chi connectivity index (χ4v) is 3.14. The molecule has 1 heterocycles. The van der Waals surface area contributed by atoms with Gasteiger partial charge in [-0.25, -0.2) is 4.79 Å². The van der Waals surface area contributed by atoms with Crippen molar-refractivity contribution in [3.05, 3.63) is 40.6 Å². The number of fused-ring (bicyclic) bond motifs is 1. The molecule has 0 spiro atoms. The number of aliphatic hydroxyl groups excluding tert-OH is 4. The van der Waals surface area contributed by atoms with Gasteiger partial charge in [0.15, 0.2) is 29.6 Å². The Labute approximate surface area is 195 Å². The van der Waals surface area contributed by atoms with Crippen LogP contribution >= 0.6 is 0 Å². The molecule has 186 valence electrons. The standard InChI is InChI=1S/C22H20O13/c1-33-13-4-8(2-3-10(13)25)20-21(17(29)15-11(26)5-9(24)6-14(15)34-20)35-22(32)19(31)18(30)16(28)12(27)7-23/h2-7,12,16,18-19,24-28,30-31H,1H3/t12-,16+,18-,19-/m0/s1. The maximum atomic E-state index is 13.2. The van der Waals surface area contributed by atoms with E-state index in [2.05, 4.69) is 0 Å². The van der Waals surface area contributed by atoms with E-state index in [1.807, 2.05) is 0 Å². The minimum Gasteiger partial charge on any atom is -0.508 e. The van der Waals surface area contributed by atoms with E-state index in [0.29, 0.717) is 0 Å². The molecule has 3 rings (SSSR count). The van der Waals surface area contributed by atoms with Gasteiger partial charge in [-0.3, -0.25) is 4.79 Å². The average Bonchev–Trinajstić information content (AvgIpc) is 2.83. The molecule has 0 aliphatic rings. The highest BCUT2D eigenvalue weighted by Crippen LogP contribution is 2.38. The molecule has 7 N–H and O–H groups in total. The van der Waals surface area contributed by atoms with Gasteiger partial charge in [0.2, 0.25) is 11.2 Å². The lowest BCUT2D eigenvalue weighted by Gasteiger charge is -2.23. The number of benzene rings is 2. The largest absolute Gasteiger partial charge is 0.508 e. The molecule has 13 nitrogen and oxygen atoms in total. The third-order valence-electron chi connectivity index (χ3n) is 4.97. The fourth-order valence-electron chi connectivity index (χ4n) is 3.14. The summed E-state index contributed by atoms with van der Waals surface area (Å²) in [7, 11) is 1.24. The first kappa shape index (κ1) is 25.5.